The highest BCUT2D eigenvalue weighted by molar-refractivity contribution is 8.14. The molecule has 0 fully saturated rings. The summed E-state index contributed by atoms with van der Waals surface area (Å²) >= 11 is 1.47. The molecule has 0 aromatic heterocycles. The predicted octanol–water partition coefficient (Wildman–Crippen LogP) is 2.83. The average molecular weight is 235 g/mol. The molecule has 0 heterocycles. The van der Waals surface area contributed by atoms with E-state index >= 15 is 0 Å². The Balaban J connectivity index is 2.82. The summed E-state index contributed by atoms with van der Waals surface area (Å²) in [6.07, 6.45) is 1.77. The molecule has 0 saturated heterocycles. The second kappa shape index (κ2) is 6.85. The van der Waals surface area contributed by atoms with Crippen LogP contribution in [0.5, 0.6) is 0 Å². The van der Waals surface area contributed by atoms with Gasteiger partial charge in [-0.25, -0.2) is 4.79 Å². The van der Waals surface area contributed by atoms with Crippen molar-refractivity contribution < 1.29 is 9.63 Å². The number of benzene rings is 1. The number of thioether (sulfide) groups is 1. The largest absolute Gasteiger partial charge is 0.332 e. The van der Waals surface area contributed by atoms with Crippen LogP contribution in [-0.2, 0) is 9.63 Å². The lowest BCUT2D eigenvalue weighted by Gasteiger charge is -2.03. The van der Waals surface area contributed by atoms with E-state index in [0.29, 0.717) is 5.04 Å². The number of hydrogen-bond donors (Lipinski definition) is 0. The summed E-state index contributed by atoms with van der Waals surface area (Å²) in [5.41, 5.74) is 0.926. The van der Waals surface area contributed by atoms with E-state index in [2.05, 4.69) is 16.6 Å². The van der Waals surface area contributed by atoms with E-state index in [1.807, 2.05) is 30.3 Å². The SMILES string of the molecule is C=CCS/C(=N/OC(C)=O)c1ccccc1. The molecule has 0 amide bonds. The molecule has 0 bridgehead atoms. The molecule has 0 atom stereocenters. The minimum atomic E-state index is -0.423. The molecule has 0 aliphatic carbocycles. The van der Waals surface area contributed by atoms with Crippen molar-refractivity contribution in [3.05, 3.63) is 48.6 Å². The maximum Gasteiger partial charge on any atom is 0.332 e. The standard InChI is InChI=1S/C12H13NO2S/c1-3-9-16-12(13-15-10(2)14)11-7-5-4-6-8-11/h3-8H,1,9H2,2H3/b13-12+. The van der Waals surface area contributed by atoms with Crippen molar-refractivity contribution in [3.8, 4) is 0 Å². The van der Waals surface area contributed by atoms with Gasteiger partial charge in [0.25, 0.3) is 0 Å². The van der Waals surface area contributed by atoms with Crippen molar-refractivity contribution >= 4 is 22.8 Å². The second-order valence-corrected chi connectivity index (χ2v) is 3.95. The van der Waals surface area contributed by atoms with Crippen LogP contribution in [0.1, 0.15) is 12.5 Å². The Labute approximate surface area is 99.2 Å². The van der Waals surface area contributed by atoms with Gasteiger partial charge in [0.2, 0.25) is 0 Å². The first-order valence-corrected chi connectivity index (χ1v) is 5.77. The Kier molecular flexibility index (Phi) is 5.36. The smallest absolute Gasteiger partial charge is 0.317 e. The molecule has 1 aromatic rings. The molecule has 0 saturated carbocycles. The zero-order chi connectivity index (χ0) is 11.8. The summed E-state index contributed by atoms with van der Waals surface area (Å²) in [6.45, 7) is 4.96. The minimum Gasteiger partial charge on any atom is -0.317 e. The van der Waals surface area contributed by atoms with Gasteiger partial charge in [-0.1, -0.05) is 53.3 Å². The summed E-state index contributed by atoms with van der Waals surface area (Å²) in [6, 6.07) is 9.57. The summed E-state index contributed by atoms with van der Waals surface area (Å²) in [7, 11) is 0. The Morgan fingerprint density at radius 3 is 2.75 bits per heavy atom. The fourth-order valence-electron chi connectivity index (χ4n) is 0.987. The fraction of sp³-hybridized carbons (Fsp3) is 0.167. The van der Waals surface area contributed by atoms with Crippen LogP contribution in [0.3, 0.4) is 0 Å². The lowest BCUT2D eigenvalue weighted by Crippen LogP contribution is -2.00. The number of oxime groups is 1. The van der Waals surface area contributed by atoms with Gasteiger partial charge in [-0.3, -0.25) is 0 Å². The molecule has 0 radical (unpaired) electrons. The third-order valence-corrected chi connectivity index (χ3v) is 2.60. The van der Waals surface area contributed by atoms with E-state index in [0.717, 1.165) is 11.3 Å². The van der Waals surface area contributed by atoms with Gasteiger partial charge in [0.05, 0.1) is 0 Å². The topological polar surface area (TPSA) is 38.7 Å². The molecule has 3 nitrogen and oxygen atoms in total. The molecule has 4 heteroatoms. The molecule has 0 spiro atoms. The lowest BCUT2D eigenvalue weighted by atomic mass is 10.2. The first-order valence-electron chi connectivity index (χ1n) is 4.78. The van der Waals surface area contributed by atoms with Gasteiger partial charge in [0, 0.05) is 18.2 Å². The van der Waals surface area contributed by atoms with Gasteiger partial charge in [-0.15, -0.1) is 6.58 Å². The monoisotopic (exact) mass is 235 g/mol. The van der Waals surface area contributed by atoms with Crippen LogP contribution in [0.4, 0.5) is 0 Å². The average Bonchev–Trinajstić information content (AvgIpc) is 2.30. The maximum atomic E-state index is 10.7. The normalized spacial score (nSPS) is 10.9. The Bertz CT molecular complexity index is 387. The number of rotatable bonds is 4. The first kappa shape index (κ1) is 12.5. The first-order chi connectivity index (χ1) is 7.74. The summed E-state index contributed by atoms with van der Waals surface area (Å²) < 4.78 is 0. The molecule has 16 heavy (non-hydrogen) atoms. The molecule has 84 valence electrons. The number of carbonyl (C=O) groups excluding carboxylic acids is 1. The second-order valence-electron chi connectivity index (χ2n) is 2.95. The highest BCUT2D eigenvalue weighted by atomic mass is 32.2. The maximum absolute atomic E-state index is 10.7. The van der Waals surface area contributed by atoms with Gasteiger partial charge in [0.15, 0.2) is 0 Å². The molecule has 0 unspecified atom stereocenters. The summed E-state index contributed by atoms with van der Waals surface area (Å²) in [4.78, 5) is 15.3. The van der Waals surface area contributed by atoms with Crippen molar-refractivity contribution in [1.82, 2.24) is 0 Å². The zero-order valence-electron chi connectivity index (χ0n) is 9.05. The lowest BCUT2D eigenvalue weighted by molar-refractivity contribution is -0.140. The predicted molar refractivity (Wildman–Crippen MR) is 67.4 cm³/mol. The van der Waals surface area contributed by atoms with Crippen LogP contribution in [-0.4, -0.2) is 16.8 Å². The van der Waals surface area contributed by atoms with Crippen molar-refractivity contribution in [1.29, 1.82) is 0 Å². The third-order valence-electron chi connectivity index (χ3n) is 1.62. The minimum absolute atomic E-state index is 0.423. The molecule has 1 aromatic carbocycles. The summed E-state index contributed by atoms with van der Waals surface area (Å²) in [5, 5.41) is 4.49. The van der Waals surface area contributed by atoms with Crippen molar-refractivity contribution in [2.75, 3.05) is 5.75 Å². The van der Waals surface area contributed by atoms with Crippen LogP contribution < -0.4 is 0 Å². The van der Waals surface area contributed by atoms with Crippen LogP contribution in [0.2, 0.25) is 0 Å². The van der Waals surface area contributed by atoms with Crippen molar-refractivity contribution in [3.63, 3.8) is 0 Å². The van der Waals surface area contributed by atoms with Crippen LogP contribution in [0.25, 0.3) is 0 Å². The van der Waals surface area contributed by atoms with Gasteiger partial charge in [-0.05, 0) is 0 Å². The highest BCUT2D eigenvalue weighted by Gasteiger charge is 2.04. The van der Waals surface area contributed by atoms with Crippen LogP contribution in [0.15, 0.2) is 48.1 Å². The molecule has 0 aliphatic rings. The third kappa shape index (κ3) is 4.31. The van der Waals surface area contributed by atoms with E-state index in [1.54, 1.807) is 6.08 Å². The molecule has 0 aliphatic heterocycles. The van der Waals surface area contributed by atoms with Gasteiger partial charge >= 0.3 is 5.97 Å². The fourth-order valence-corrected chi connectivity index (χ4v) is 1.66. The number of hydrogen-bond acceptors (Lipinski definition) is 4. The highest BCUT2D eigenvalue weighted by Crippen LogP contribution is 2.14. The zero-order valence-corrected chi connectivity index (χ0v) is 9.87. The number of carbonyl (C=O) groups is 1. The Morgan fingerprint density at radius 2 is 2.19 bits per heavy atom. The van der Waals surface area contributed by atoms with E-state index < -0.39 is 5.97 Å². The molecular formula is C12H13NO2S. The molecular weight excluding hydrogens is 222 g/mol. The van der Waals surface area contributed by atoms with Crippen molar-refractivity contribution in [2.45, 2.75) is 6.92 Å². The van der Waals surface area contributed by atoms with E-state index in [4.69, 9.17) is 0 Å². The van der Waals surface area contributed by atoms with Crippen LogP contribution in [0, 0.1) is 0 Å². The van der Waals surface area contributed by atoms with Gasteiger partial charge in [0.1, 0.15) is 5.04 Å². The van der Waals surface area contributed by atoms with Crippen molar-refractivity contribution in [2.24, 2.45) is 5.16 Å². The van der Waals surface area contributed by atoms with E-state index in [9.17, 15) is 4.79 Å². The molecule has 1 rings (SSSR count). The van der Waals surface area contributed by atoms with E-state index in [1.165, 1.54) is 18.7 Å². The number of nitrogens with zero attached hydrogens (tertiary/aromatic N) is 1. The van der Waals surface area contributed by atoms with E-state index in [-0.39, 0.29) is 0 Å². The van der Waals surface area contributed by atoms with Gasteiger partial charge < -0.3 is 4.84 Å². The van der Waals surface area contributed by atoms with Crippen LogP contribution >= 0.6 is 11.8 Å². The van der Waals surface area contributed by atoms with Gasteiger partial charge in [-0.2, -0.15) is 0 Å². The summed E-state index contributed by atoms with van der Waals surface area (Å²) in [5.74, 6) is 0.294. The molecule has 0 N–H and O–H groups in total. The Morgan fingerprint density at radius 1 is 1.50 bits per heavy atom. The Hall–Kier alpha value is -1.55. The quantitative estimate of drug-likeness (QED) is 0.265.